The number of pyridine rings is 1. The summed E-state index contributed by atoms with van der Waals surface area (Å²) < 4.78 is 0.466. The van der Waals surface area contributed by atoms with E-state index >= 15 is 0 Å². The summed E-state index contributed by atoms with van der Waals surface area (Å²) in [4.78, 5) is 23.1. The van der Waals surface area contributed by atoms with Crippen LogP contribution in [0.3, 0.4) is 0 Å². The summed E-state index contributed by atoms with van der Waals surface area (Å²) >= 11 is 5.94. The first-order valence-corrected chi connectivity index (χ1v) is 7.38. The van der Waals surface area contributed by atoms with E-state index in [1.807, 2.05) is 0 Å². The number of hydrogen-bond donors (Lipinski definition) is 0. The van der Waals surface area contributed by atoms with Gasteiger partial charge < -0.3 is 5.21 Å². The number of benzene rings is 1. The SMILES string of the molecule is C[C@H]([C@H](CC(=O)c1cccc[n+]1[O-])c1cccc(Cl)c1)[N+](=O)[O-]. The fourth-order valence-electron chi connectivity index (χ4n) is 2.40. The lowest BCUT2D eigenvalue weighted by molar-refractivity contribution is -0.607. The first-order chi connectivity index (χ1) is 10.9. The zero-order chi connectivity index (χ0) is 17.0. The maximum Gasteiger partial charge on any atom is 0.259 e. The minimum Gasteiger partial charge on any atom is -0.618 e. The Balaban J connectivity index is 2.33. The van der Waals surface area contributed by atoms with Crippen molar-refractivity contribution in [1.29, 1.82) is 0 Å². The van der Waals surface area contributed by atoms with Gasteiger partial charge in [-0.05, 0) is 23.8 Å². The lowest BCUT2D eigenvalue weighted by atomic mass is 9.87. The number of ketones is 1. The molecule has 0 bridgehead atoms. The van der Waals surface area contributed by atoms with Crippen LogP contribution < -0.4 is 4.73 Å². The molecule has 0 saturated carbocycles. The maximum atomic E-state index is 12.4. The fraction of sp³-hybridized carbons (Fsp3) is 0.250. The molecule has 2 aromatic rings. The second kappa shape index (κ2) is 7.19. The van der Waals surface area contributed by atoms with Gasteiger partial charge in [-0.25, -0.2) is 0 Å². The van der Waals surface area contributed by atoms with E-state index in [-0.39, 0.29) is 12.1 Å². The highest BCUT2D eigenvalue weighted by Gasteiger charge is 2.32. The minimum absolute atomic E-state index is 0.0323. The molecule has 23 heavy (non-hydrogen) atoms. The second-order valence-electron chi connectivity index (χ2n) is 5.23. The standard InChI is InChI=1S/C16H15ClN2O4/c1-11(19(22)23)14(12-5-4-6-13(17)9-12)10-16(20)15-7-2-3-8-18(15)21/h2-9,11,14H,10H2,1H3/t11-,14+/m1/s1. The van der Waals surface area contributed by atoms with Gasteiger partial charge in [0.15, 0.2) is 6.20 Å². The van der Waals surface area contributed by atoms with E-state index in [2.05, 4.69) is 0 Å². The van der Waals surface area contributed by atoms with Gasteiger partial charge in [-0.2, -0.15) is 4.73 Å². The molecule has 2 atom stereocenters. The van der Waals surface area contributed by atoms with Gasteiger partial charge in [0.05, 0.1) is 5.92 Å². The molecule has 1 aromatic carbocycles. The van der Waals surface area contributed by atoms with Gasteiger partial charge in [-0.1, -0.05) is 23.7 Å². The molecule has 120 valence electrons. The Morgan fingerprint density at radius 3 is 2.65 bits per heavy atom. The Morgan fingerprint density at radius 2 is 2.04 bits per heavy atom. The summed E-state index contributed by atoms with van der Waals surface area (Å²) in [5, 5.41) is 23.3. The molecule has 0 unspecified atom stereocenters. The second-order valence-corrected chi connectivity index (χ2v) is 5.66. The molecule has 0 aliphatic heterocycles. The van der Waals surface area contributed by atoms with E-state index in [4.69, 9.17) is 11.6 Å². The van der Waals surface area contributed by atoms with Crippen molar-refractivity contribution in [2.45, 2.75) is 25.3 Å². The molecule has 1 heterocycles. The number of nitro groups is 1. The van der Waals surface area contributed by atoms with Crippen molar-refractivity contribution in [3.8, 4) is 0 Å². The van der Waals surface area contributed by atoms with Crippen LogP contribution in [0.4, 0.5) is 0 Å². The number of carbonyl (C=O) groups is 1. The van der Waals surface area contributed by atoms with Crippen LogP contribution in [-0.2, 0) is 0 Å². The third kappa shape index (κ3) is 4.04. The largest absolute Gasteiger partial charge is 0.618 e. The van der Waals surface area contributed by atoms with Gasteiger partial charge in [-0.3, -0.25) is 14.9 Å². The smallest absolute Gasteiger partial charge is 0.259 e. The Bertz CT molecular complexity index is 736. The van der Waals surface area contributed by atoms with Crippen LogP contribution in [0.1, 0.15) is 35.3 Å². The van der Waals surface area contributed by atoms with Crippen molar-refractivity contribution in [1.82, 2.24) is 0 Å². The first kappa shape index (κ1) is 16.9. The molecule has 7 heteroatoms. The number of carbonyl (C=O) groups excluding carboxylic acids is 1. The number of hydrogen-bond acceptors (Lipinski definition) is 4. The molecule has 0 aliphatic carbocycles. The van der Waals surface area contributed by atoms with Gasteiger partial charge in [0.2, 0.25) is 11.8 Å². The van der Waals surface area contributed by atoms with Crippen molar-refractivity contribution < 1.29 is 14.4 Å². The predicted octanol–water partition coefficient (Wildman–Crippen LogP) is 3.00. The molecular formula is C16H15ClN2O4. The summed E-state index contributed by atoms with van der Waals surface area (Å²) in [6.07, 6.45) is 1.08. The summed E-state index contributed by atoms with van der Waals surface area (Å²) in [7, 11) is 0. The Labute approximate surface area is 138 Å². The van der Waals surface area contributed by atoms with Crippen LogP contribution in [0.5, 0.6) is 0 Å². The minimum atomic E-state index is -0.985. The van der Waals surface area contributed by atoms with E-state index in [1.54, 1.807) is 30.3 Å². The normalized spacial score (nSPS) is 13.3. The molecule has 0 saturated heterocycles. The van der Waals surface area contributed by atoms with Crippen molar-refractivity contribution in [2.75, 3.05) is 0 Å². The molecule has 1 aromatic heterocycles. The van der Waals surface area contributed by atoms with Crippen LogP contribution in [0.2, 0.25) is 5.02 Å². The van der Waals surface area contributed by atoms with Crippen LogP contribution in [-0.4, -0.2) is 16.7 Å². The summed E-state index contributed by atoms with van der Waals surface area (Å²) in [6.45, 7) is 1.44. The van der Waals surface area contributed by atoms with Crippen molar-refractivity contribution in [3.05, 3.63) is 80.3 Å². The maximum absolute atomic E-state index is 12.4. The van der Waals surface area contributed by atoms with Crippen LogP contribution in [0.25, 0.3) is 0 Å². The molecule has 0 fully saturated rings. The summed E-state index contributed by atoms with van der Waals surface area (Å²) in [5.74, 6) is -1.12. The lowest BCUT2D eigenvalue weighted by Gasteiger charge is -2.18. The Kier molecular flexibility index (Phi) is 5.28. The molecule has 0 N–H and O–H groups in total. The van der Waals surface area contributed by atoms with Crippen molar-refractivity contribution in [2.24, 2.45) is 0 Å². The third-order valence-electron chi connectivity index (χ3n) is 3.71. The van der Waals surface area contributed by atoms with Crippen molar-refractivity contribution in [3.63, 3.8) is 0 Å². The highest BCUT2D eigenvalue weighted by Crippen LogP contribution is 2.28. The zero-order valence-electron chi connectivity index (χ0n) is 12.4. The van der Waals surface area contributed by atoms with Gasteiger partial charge in [0, 0.05) is 35.4 Å². The van der Waals surface area contributed by atoms with Gasteiger partial charge in [-0.15, -0.1) is 0 Å². The van der Waals surface area contributed by atoms with Gasteiger partial charge >= 0.3 is 0 Å². The van der Waals surface area contributed by atoms with Gasteiger partial charge in [0.25, 0.3) is 5.69 Å². The molecule has 6 nitrogen and oxygen atoms in total. The molecular weight excluding hydrogens is 320 g/mol. The number of halogens is 1. The number of aromatic nitrogens is 1. The third-order valence-corrected chi connectivity index (χ3v) is 3.94. The summed E-state index contributed by atoms with van der Waals surface area (Å²) in [6, 6.07) is 10.1. The first-order valence-electron chi connectivity index (χ1n) is 7.00. The Morgan fingerprint density at radius 1 is 1.30 bits per heavy atom. The topological polar surface area (TPSA) is 87.2 Å². The average molecular weight is 335 g/mol. The Hall–Kier alpha value is -2.47. The van der Waals surface area contributed by atoms with E-state index in [1.165, 1.54) is 25.3 Å². The summed E-state index contributed by atoms with van der Waals surface area (Å²) in [5.41, 5.74) is 0.568. The fourth-order valence-corrected chi connectivity index (χ4v) is 2.60. The van der Waals surface area contributed by atoms with Crippen LogP contribution in [0.15, 0.2) is 48.7 Å². The lowest BCUT2D eigenvalue weighted by Crippen LogP contribution is -2.35. The number of Topliss-reactive ketones (excluding diaryl/α,β-unsaturated/α-hetero) is 1. The van der Waals surface area contributed by atoms with E-state index < -0.39 is 22.7 Å². The average Bonchev–Trinajstić information content (AvgIpc) is 2.52. The molecule has 0 radical (unpaired) electrons. The van der Waals surface area contributed by atoms with Gasteiger partial charge in [0.1, 0.15) is 0 Å². The quantitative estimate of drug-likeness (QED) is 0.267. The monoisotopic (exact) mass is 334 g/mol. The van der Waals surface area contributed by atoms with E-state index in [0.717, 1.165) is 0 Å². The van der Waals surface area contributed by atoms with E-state index in [0.29, 0.717) is 15.3 Å². The van der Waals surface area contributed by atoms with E-state index in [9.17, 15) is 20.1 Å². The van der Waals surface area contributed by atoms with Crippen LogP contribution in [0, 0.1) is 15.3 Å². The van der Waals surface area contributed by atoms with Crippen molar-refractivity contribution >= 4 is 17.4 Å². The highest BCUT2D eigenvalue weighted by molar-refractivity contribution is 6.30. The zero-order valence-corrected chi connectivity index (χ0v) is 13.1. The number of rotatable bonds is 6. The predicted molar refractivity (Wildman–Crippen MR) is 85.0 cm³/mol. The molecule has 0 spiro atoms. The van der Waals surface area contributed by atoms with Crippen LogP contribution >= 0.6 is 11.6 Å². The highest BCUT2D eigenvalue weighted by atomic mass is 35.5. The molecule has 2 rings (SSSR count). The molecule has 0 aliphatic rings. The number of nitrogens with zero attached hydrogens (tertiary/aromatic N) is 2. The molecule has 0 amide bonds.